The molecule has 3 aromatic carbocycles. The molecule has 0 atom stereocenters. The van der Waals surface area contributed by atoms with Crippen molar-refractivity contribution in [2.24, 2.45) is 0 Å². The topological polar surface area (TPSA) is 26.3 Å². The molecule has 4 rings (SSSR count). The van der Waals surface area contributed by atoms with Crippen molar-refractivity contribution in [1.29, 1.82) is 0 Å². The standard InChI is InChI=1S/C22H15ClO2S/c23-17-10-8-15(9-11-17)14-25-18-5-3-4-16(12-18)13-21-22(24)19-6-1-2-7-20(19)26-21/h1-13H,14H2/b21-13+. The van der Waals surface area contributed by atoms with Gasteiger partial charge in [-0.05, 0) is 53.6 Å². The maximum Gasteiger partial charge on any atom is 0.200 e. The minimum absolute atomic E-state index is 0.0816. The molecular formula is C22H15ClO2S. The molecule has 0 bridgehead atoms. The van der Waals surface area contributed by atoms with Gasteiger partial charge in [0.15, 0.2) is 0 Å². The van der Waals surface area contributed by atoms with Crippen molar-refractivity contribution in [3.8, 4) is 5.75 Å². The van der Waals surface area contributed by atoms with Crippen LogP contribution in [0.3, 0.4) is 0 Å². The van der Waals surface area contributed by atoms with Gasteiger partial charge in [-0.3, -0.25) is 4.79 Å². The summed E-state index contributed by atoms with van der Waals surface area (Å²) in [4.78, 5) is 14.2. The van der Waals surface area contributed by atoms with Gasteiger partial charge in [0.1, 0.15) is 12.4 Å². The van der Waals surface area contributed by atoms with Crippen molar-refractivity contribution >= 4 is 35.2 Å². The molecule has 3 aromatic rings. The van der Waals surface area contributed by atoms with Crippen molar-refractivity contribution < 1.29 is 9.53 Å². The normalized spacial score (nSPS) is 14.5. The van der Waals surface area contributed by atoms with E-state index in [1.807, 2.05) is 78.9 Å². The van der Waals surface area contributed by atoms with Gasteiger partial charge in [-0.25, -0.2) is 0 Å². The predicted octanol–water partition coefficient (Wildman–Crippen LogP) is 6.25. The van der Waals surface area contributed by atoms with E-state index in [9.17, 15) is 4.79 Å². The molecule has 2 nitrogen and oxygen atoms in total. The number of hydrogen-bond acceptors (Lipinski definition) is 3. The van der Waals surface area contributed by atoms with E-state index in [1.165, 1.54) is 11.8 Å². The molecule has 0 saturated heterocycles. The first-order chi connectivity index (χ1) is 12.7. The third-order valence-corrected chi connectivity index (χ3v) is 5.40. The highest BCUT2D eigenvalue weighted by Crippen LogP contribution is 2.40. The van der Waals surface area contributed by atoms with Crippen molar-refractivity contribution in [3.05, 3.63) is 99.4 Å². The third-order valence-electron chi connectivity index (χ3n) is 4.05. The number of thioether (sulfide) groups is 1. The summed E-state index contributed by atoms with van der Waals surface area (Å²) >= 11 is 7.41. The van der Waals surface area contributed by atoms with Gasteiger partial charge in [0.05, 0.1) is 4.91 Å². The quantitative estimate of drug-likeness (QED) is 0.502. The third kappa shape index (κ3) is 3.69. The van der Waals surface area contributed by atoms with Gasteiger partial charge in [-0.15, -0.1) is 0 Å². The smallest absolute Gasteiger partial charge is 0.200 e. The second kappa shape index (κ2) is 7.40. The summed E-state index contributed by atoms with van der Waals surface area (Å²) in [5.74, 6) is 0.848. The van der Waals surface area contributed by atoms with Crippen molar-refractivity contribution in [3.63, 3.8) is 0 Å². The number of fused-ring (bicyclic) bond motifs is 1. The Kier molecular flexibility index (Phi) is 4.83. The molecule has 0 aliphatic carbocycles. The van der Waals surface area contributed by atoms with Crippen LogP contribution in [0.1, 0.15) is 21.5 Å². The number of ketones is 1. The van der Waals surface area contributed by atoms with Crippen LogP contribution in [0.5, 0.6) is 5.75 Å². The summed E-state index contributed by atoms with van der Waals surface area (Å²) in [7, 11) is 0. The summed E-state index contributed by atoms with van der Waals surface area (Å²) < 4.78 is 5.86. The second-order valence-corrected chi connectivity index (χ2v) is 7.44. The van der Waals surface area contributed by atoms with Crippen molar-refractivity contribution in [1.82, 2.24) is 0 Å². The zero-order valence-electron chi connectivity index (χ0n) is 13.8. The summed E-state index contributed by atoms with van der Waals surface area (Å²) in [6.45, 7) is 0.469. The lowest BCUT2D eigenvalue weighted by Gasteiger charge is -2.07. The maximum absolute atomic E-state index is 12.5. The van der Waals surface area contributed by atoms with Gasteiger partial charge in [0.25, 0.3) is 0 Å². The van der Waals surface area contributed by atoms with Crippen LogP contribution in [0.25, 0.3) is 6.08 Å². The number of halogens is 1. The molecule has 26 heavy (non-hydrogen) atoms. The van der Waals surface area contributed by atoms with Crippen LogP contribution in [0.15, 0.2) is 82.6 Å². The molecule has 1 aliphatic rings. The molecule has 4 heteroatoms. The fraction of sp³-hybridized carbons (Fsp3) is 0.0455. The zero-order valence-corrected chi connectivity index (χ0v) is 15.4. The van der Waals surface area contributed by atoms with E-state index in [0.29, 0.717) is 11.6 Å². The first-order valence-electron chi connectivity index (χ1n) is 8.20. The van der Waals surface area contributed by atoms with Crippen molar-refractivity contribution in [2.75, 3.05) is 0 Å². The lowest BCUT2D eigenvalue weighted by molar-refractivity contribution is 0.104. The molecule has 0 fully saturated rings. The minimum atomic E-state index is 0.0816. The van der Waals surface area contributed by atoms with Gasteiger partial charge in [0.2, 0.25) is 5.78 Å². The maximum atomic E-state index is 12.5. The highest BCUT2D eigenvalue weighted by atomic mass is 35.5. The highest BCUT2D eigenvalue weighted by molar-refractivity contribution is 8.04. The van der Waals surface area contributed by atoms with Gasteiger partial charge in [-0.1, -0.05) is 59.8 Å². The predicted molar refractivity (Wildman–Crippen MR) is 107 cm³/mol. The van der Waals surface area contributed by atoms with Gasteiger partial charge < -0.3 is 4.74 Å². The number of rotatable bonds is 4. The molecule has 0 unspecified atom stereocenters. The molecular weight excluding hydrogens is 364 g/mol. The monoisotopic (exact) mass is 378 g/mol. The molecule has 0 aromatic heterocycles. The second-order valence-electron chi connectivity index (χ2n) is 5.92. The number of benzene rings is 3. The molecule has 0 amide bonds. The Morgan fingerprint density at radius 1 is 0.962 bits per heavy atom. The summed E-state index contributed by atoms with van der Waals surface area (Å²) in [5, 5.41) is 0.710. The van der Waals surface area contributed by atoms with E-state index in [4.69, 9.17) is 16.3 Å². The summed E-state index contributed by atoms with van der Waals surface area (Å²) in [6, 6.07) is 23.0. The molecule has 0 saturated carbocycles. The molecule has 128 valence electrons. The van der Waals surface area contributed by atoms with Gasteiger partial charge in [-0.2, -0.15) is 0 Å². The van der Waals surface area contributed by atoms with Crippen LogP contribution in [0.4, 0.5) is 0 Å². The first-order valence-corrected chi connectivity index (χ1v) is 9.39. The Morgan fingerprint density at radius 2 is 1.77 bits per heavy atom. The number of Topliss-reactive ketones (excluding diaryl/α,β-unsaturated/α-hetero) is 1. The van der Waals surface area contributed by atoms with Crippen LogP contribution >= 0.6 is 23.4 Å². The van der Waals surface area contributed by atoms with E-state index >= 15 is 0 Å². The number of hydrogen-bond donors (Lipinski definition) is 0. The number of ether oxygens (including phenoxy) is 1. The highest BCUT2D eigenvalue weighted by Gasteiger charge is 2.25. The minimum Gasteiger partial charge on any atom is -0.489 e. The Labute approximate surface area is 161 Å². The fourth-order valence-electron chi connectivity index (χ4n) is 2.73. The Hall–Kier alpha value is -2.49. The fourth-order valence-corrected chi connectivity index (χ4v) is 3.91. The molecule has 0 radical (unpaired) electrons. The van der Waals surface area contributed by atoms with E-state index in [-0.39, 0.29) is 5.78 Å². The van der Waals surface area contributed by atoms with Crippen LogP contribution in [-0.2, 0) is 6.61 Å². The Balaban J connectivity index is 1.50. The lowest BCUT2D eigenvalue weighted by atomic mass is 10.1. The van der Waals surface area contributed by atoms with E-state index in [1.54, 1.807) is 0 Å². The lowest BCUT2D eigenvalue weighted by Crippen LogP contribution is -1.96. The molecule has 1 aliphatic heterocycles. The molecule has 0 N–H and O–H groups in total. The zero-order chi connectivity index (χ0) is 17.9. The molecule has 1 heterocycles. The number of allylic oxidation sites excluding steroid dienone is 1. The van der Waals surface area contributed by atoms with Crippen LogP contribution < -0.4 is 4.74 Å². The SMILES string of the molecule is O=C1/C(=C\c2cccc(OCc3ccc(Cl)cc3)c2)Sc2ccccc21. The van der Waals surface area contributed by atoms with Crippen LogP contribution in [0, 0.1) is 0 Å². The summed E-state index contributed by atoms with van der Waals surface area (Å²) in [5.41, 5.74) is 2.77. The van der Waals surface area contributed by atoms with E-state index < -0.39 is 0 Å². The average Bonchev–Trinajstić information content (AvgIpc) is 2.98. The number of carbonyl (C=O) groups excluding carboxylic acids is 1. The number of carbonyl (C=O) groups is 1. The van der Waals surface area contributed by atoms with Crippen molar-refractivity contribution in [2.45, 2.75) is 11.5 Å². The average molecular weight is 379 g/mol. The Bertz CT molecular complexity index is 993. The first kappa shape index (κ1) is 17.0. The van der Waals surface area contributed by atoms with E-state index in [0.717, 1.165) is 32.2 Å². The van der Waals surface area contributed by atoms with Gasteiger partial charge >= 0.3 is 0 Å². The van der Waals surface area contributed by atoms with Crippen LogP contribution in [0.2, 0.25) is 5.02 Å². The van der Waals surface area contributed by atoms with Gasteiger partial charge in [0, 0.05) is 15.5 Å². The summed E-state index contributed by atoms with van der Waals surface area (Å²) in [6.07, 6.45) is 1.92. The van der Waals surface area contributed by atoms with E-state index in [2.05, 4.69) is 0 Å². The van der Waals surface area contributed by atoms with Crippen LogP contribution in [-0.4, -0.2) is 5.78 Å². The molecule has 0 spiro atoms. The Morgan fingerprint density at radius 3 is 2.58 bits per heavy atom. The largest absolute Gasteiger partial charge is 0.489 e.